The lowest BCUT2D eigenvalue weighted by molar-refractivity contribution is 0.285. The van der Waals surface area contributed by atoms with Gasteiger partial charge in [0.25, 0.3) is 0 Å². The monoisotopic (exact) mass is 312 g/mol. The molecular formula is C18H21FN4. The minimum Gasteiger partial charge on any atom is -0.370 e. The van der Waals surface area contributed by atoms with Crippen molar-refractivity contribution >= 4 is 5.69 Å². The van der Waals surface area contributed by atoms with Gasteiger partial charge in [-0.05, 0) is 42.3 Å². The van der Waals surface area contributed by atoms with E-state index in [9.17, 15) is 4.39 Å². The predicted molar refractivity (Wildman–Crippen MR) is 88.6 cm³/mol. The van der Waals surface area contributed by atoms with Crippen LogP contribution in [-0.2, 0) is 13.6 Å². The normalized spacial score (nSPS) is 16.1. The van der Waals surface area contributed by atoms with E-state index in [4.69, 9.17) is 5.26 Å². The lowest BCUT2D eigenvalue weighted by Gasteiger charge is -2.23. The first-order valence-electron chi connectivity index (χ1n) is 7.94. The highest BCUT2D eigenvalue weighted by molar-refractivity contribution is 5.46. The molecule has 0 amide bonds. The molecule has 2 aromatic rings. The number of rotatable bonds is 3. The van der Waals surface area contributed by atoms with E-state index in [1.54, 1.807) is 0 Å². The Morgan fingerprint density at radius 3 is 2.61 bits per heavy atom. The van der Waals surface area contributed by atoms with Crippen LogP contribution in [-0.4, -0.2) is 35.6 Å². The first-order valence-corrected chi connectivity index (χ1v) is 7.94. The highest BCUT2D eigenvalue weighted by Crippen LogP contribution is 2.18. The van der Waals surface area contributed by atoms with E-state index < -0.39 is 0 Å². The summed E-state index contributed by atoms with van der Waals surface area (Å²) in [5.74, 6) is -0.192. The zero-order chi connectivity index (χ0) is 16.2. The standard InChI is InChI=1S/C18H21FN4/c1-21-13-15(11-18(21)12-20)14-22-7-2-8-23(10-9-22)17-5-3-16(19)4-6-17/h3-6,11,13H,2,7-10,14H2,1H3. The summed E-state index contributed by atoms with van der Waals surface area (Å²) < 4.78 is 14.9. The molecule has 0 unspecified atom stereocenters. The van der Waals surface area contributed by atoms with Crippen molar-refractivity contribution in [3.05, 3.63) is 53.6 Å². The molecule has 1 aromatic carbocycles. The lowest BCUT2D eigenvalue weighted by atomic mass is 10.2. The molecule has 1 saturated heterocycles. The third-order valence-corrected chi connectivity index (χ3v) is 4.36. The molecule has 1 fully saturated rings. The summed E-state index contributed by atoms with van der Waals surface area (Å²) in [4.78, 5) is 4.73. The SMILES string of the molecule is Cn1cc(CN2CCCN(c3ccc(F)cc3)CC2)cc1C#N. The van der Waals surface area contributed by atoms with E-state index in [-0.39, 0.29) is 5.82 Å². The summed E-state index contributed by atoms with van der Waals surface area (Å²) >= 11 is 0. The summed E-state index contributed by atoms with van der Waals surface area (Å²) in [5.41, 5.74) is 2.96. The number of anilines is 1. The molecule has 4 nitrogen and oxygen atoms in total. The molecule has 1 aliphatic heterocycles. The van der Waals surface area contributed by atoms with Crippen molar-refractivity contribution in [2.24, 2.45) is 7.05 Å². The van der Waals surface area contributed by atoms with Gasteiger partial charge in [0, 0.05) is 51.7 Å². The third kappa shape index (κ3) is 3.72. The van der Waals surface area contributed by atoms with Crippen molar-refractivity contribution in [1.29, 1.82) is 5.26 Å². The number of benzene rings is 1. The average Bonchev–Trinajstić information content (AvgIpc) is 2.75. The van der Waals surface area contributed by atoms with Gasteiger partial charge in [-0.3, -0.25) is 4.90 Å². The fourth-order valence-corrected chi connectivity index (χ4v) is 3.13. The predicted octanol–water partition coefficient (Wildman–Crippen LogP) is 2.75. The van der Waals surface area contributed by atoms with Crippen molar-refractivity contribution in [1.82, 2.24) is 9.47 Å². The van der Waals surface area contributed by atoms with Gasteiger partial charge >= 0.3 is 0 Å². The minimum atomic E-state index is -0.192. The Hall–Kier alpha value is -2.32. The molecule has 0 atom stereocenters. The van der Waals surface area contributed by atoms with Gasteiger partial charge in [-0.2, -0.15) is 5.26 Å². The van der Waals surface area contributed by atoms with Crippen LogP contribution in [0.1, 0.15) is 17.7 Å². The molecule has 0 bridgehead atoms. The maximum Gasteiger partial charge on any atom is 0.123 e. The Kier molecular flexibility index (Phi) is 4.63. The molecule has 2 heterocycles. The summed E-state index contributed by atoms with van der Waals surface area (Å²) in [7, 11) is 1.90. The van der Waals surface area contributed by atoms with Crippen LogP contribution in [0.25, 0.3) is 0 Å². The van der Waals surface area contributed by atoms with Crippen LogP contribution < -0.4 is 4.90 Å². The molecule has 120 valence electrons. The fourth-order valence-electron chi connectivity index (χ4n) is 3.13. The van der Waals surface area contributed by atoms with E-state index in [2.05, 4.69) is 15.9 Å². The van der Waals surface area contributed by atoms with Crippen LogP contribution >= 0.6 is 0 Å². The lowest BCUT2D eigenvalue weighted by Crippen LogP contribution is -2.30. The van der Waals surface area contributed by atoms with E-state index in [1.165, 1.54) is 17.7 Å². The molecule has 23 heavy (non-hydrogen) atoms. The number of nitriles is 1. The molecule has 0 aliphatic carbocycles. The quantitative estimate of drug-likeness (QED) is 0.874. The van der Waals surface area contributed by atoms with E-state index in [0.717, 1.165) is 44.8 Å². The maximum absolute atomic E-state index is 13.1. The Morgan fingerprint density at radius 2 is 1.91 bits per heavy atom. The Bertz CT molecular complexity index is 699. The number of aromatic nitrogens is 1. The van der Waals surface area contributed by atoms with Crippen LogP contribution in [0.2, 0.25) is 0 Å². The molecule has 0 radical (unpaired) electrons. The van der Waals surface area contributed by atoms with E-state index in [1.807, 2.05) is 36.0 Å². The van der Waals surface area contributed by atoms with Crippen molar-refractivity contribution in [3.8, 4) is 6.07 Å². The second-order valence-corrected chi connectivity index (χ2v) is 6.05. The van der Waals surface area contributed by atoms with Crippen LogP contribution in [0.5, 0.6) is 0 Å². The summed E-state index contributed by atoms with van der Waals surface area (Å²) in [6.45, 7) is 4.79. The first kappa shape index (κ1) is 15.6. The highest BCUT2D eigenvalue weighted by Gasteiger charge is 2.16. The van der Waals surface area contributed by atoms with Gasteiger partial charge in [0.2, 0.25) is 0 Å². The average molecular weight is 312 g/mol. The molecule has 5 heteroatoms. The second kappa shape index (κ2) is 6.84. The van der Waals surface area contributed by atoms with Gasteiger partial charge in [0.1, 0.15) is 17.6 Å². The van der Waals surface area contributed by atoms with E-state index in [0.29, 0.717) is 5.69 Å². The zero-order valence-corrected chi connectivity index (χ0v) is 13.4. The van der Waals surface area contributed by atoms with Gasteiger partial charge in [0.05, 0.1) is 0 Å². The molecule has 1 aliphatic rings. The Labute approximate surface area is 136 Å². The molecule has 0 spiro atoms. The van der Waals surface area contributed by atoms with Crippen LogP contribution in [0.15, 0.2) is 36.5 Å². The van der Waals surface area contributed by atoms with Crippen molar-refractivity contribution in [2.45, 2.75) is 13.0 Å². The number of halogens is 1. The van der Waals surface area contributed by atoms with Crippen LogP contribution in [0.4, 0.5) is 10.1 Å². The summed E-state index contributed by atoms with van der Waals surface area (Å²) in [6, 6.07) is 10.9. The third-order valence-electron chi connectivity index (χ3n) is 4.36. The molecule has 1 aromatic heterocycles. The summed E-state index contributed by atoms with van der Waals surface area (Å²) in [6.07, 6.45) is 3.11. The molecule has 0 N–H and O–H groups in total. The Morgan fingerprint density at radius 1 is 1.13 bits per heavy atom. The minimum absolute atomic E-state index is 0.192. The molecular weight excluding hydrogens is 291 g/mol. The van der Waals surface area contributed by atoms with Crippen molar-refractivity contribution in [3.63, 3.8) is 0 Å². The summed E-state index contributed by atoms with van der Waals surface area (Å²) in [5, 5.41) is 9.05. The second-order valence-electron chi connectivity index (χ2n) is 6.05. The van der Waals surface area contributed by atoms with Gasteiger partial charge in [-0.15, -0.1) is 0 Å². The van der Waals surface area contributed by atoms with E-state index >= 15 is 0 Å². The van der Waals surface area contributed by atoms with Gasteiger partial charge in [-0.25, -0.2) is 4.39 Å². The number of nitrogens with zero attached hydrogens (tertiary/aromatic N) is 4. The van der Waals surface area contributed by atoms with Gasteiger partial charge in [0.15, 0.2) is 0 Å². The van der Waals surface area contributed by atoms with Gasteiger partial charge in [-0.1, -0.05) is 0 Å². The number of aryl methyl sites for hydroxylation is 1. The maximum atomic E-state index is 13.1. The van der Waals surface area contributed by atoms with Crippen molar-refractivity contribution < 1.29 is 4.39 Å². The van der Waals surface area contributed by atoms with Crippen LogP contribution in [0.3, 0.4) is 0 Å². The molecule has 0 saturated carbocycles. The smallest absolute Gasteiger partial charge is 0.123 e. The van der Waals surface area contributed by atoms with Crippen LogP contribution in [0, 0.1) is 17.1 Å². The largest absolute Gasteiger partial charge is 0.370 e. The molecule has 3 rings (SSSR count). The number of hydrogen-bond donors (Lipinski definition) is 0. The highest BCUT2D eigenvalue weighted by atomic mass is 19.1. The zero-order valence-electron chi connectivity index (χ0n) is 13.4. The van der Waals surface area contributed by atoms with Gasteiger partial charge < -0.3 is 9.47 Å². The topological polar surface area (TPSA) is 35.2 Å². The Balaban J connectivity index is 1.62. The van der Waals surface area contributed by atoms with Crippen molar-refractivity contribution in [2.75, 3.05) is 31.1 Å². The fraction of sp³-hybridized carbons (Fsp3) is 0.389. The first-order chi connectivity index (χ1) is 11.2. The number of hydrogen-bond acceptors (Lipinski definition) is 3.